The minimum Gasteiger partial charge on any atom is -0.389 e. The molecular formula is C20H31NO3. The van der Waals surface area contributed by atoms with E-state index in [4.69, 9.17) is 0 Å². The highest BCUT2D eigenvalue weighted by atomic mass is 16.3. The van der Waals surface area contributed by atoms with Crippen molar-refractivity contribution in [3.63, 3.8) is 0 Å². The Morgan fingerprint density at radius 3 is 2.71 bits per heavy atom. The number of fused-ring (bicyclic) bond motifs is 1. The van der Waals surface area contributed by atoms with Crippen molar-refractivity contribution in [1.29, 1.82) is 0 Å². The second-order valence-electron chi connectivity index (χ2n) is 8.53. The average Bonchev–Trinajstić information content (AvgIpc) is 2.74. The summed E-state index contributed by atoms with van der Waals surface area (Å²) in [5.74, 6) is -0.000209. The first kappa shape index (κ1) is 17.7. The molecule has 3 rings (SSSR count). The van der Waals surface area contributed by atoms with Crippen molar-refractivity contribution >= 4 is 11.7 Å². The molecular weight excluding hydrogens is 302 g/mol. The van der Waals surface area contributed by atoms with Crippen molar-refractivity contribution in [3.05, 3.63) is 12.2 Å². The van der Waals surface area contributed by atoms with Gasteiger partial charge in [-0.3, -0.25) is 9.59 Å². The number of carbonyl (C=O) groups is 2. The normalized spacial score (nSPS) is 46.5. The van der Waals surface area contributed by atoms with E-state index in [-0.39, 0.29) is 41.4 Å². The topological polar surface area (TPSA) is 57.6 Å². The predicted octanol–water partition coefficient (Wildman–Crippen LogP) is 2.80. The Hall–Kier alpha value is -1.16. The summed E-state index contributed by atoms with van der Waals surface area (Å²) in [5, 5.41) is 11.3. The van der Waals surface area contributed by atoms with Gasteiger partial charge in [-0.2, -0.15) is 0 Å². The van der Waals surface area contributed by atoms with Crippen molar-refractivity contribution in [1.82, 2.24) is 4.90 Å². The van der Waals surface area contributed by atoms with Gasteiger partial charge in [0.1, 0.15) is 5.41 Å². The van der Waals surface area contributed by atoms with Crippen LogP contribution in [0.25, 0.3) is 0 Å². The van der Waals surface area contributed by atoms with Crippen molar-refractivity contribution in [2.75, 3.05) is 7.05 Å². The summed E-state index contributed by atoms with van der Waals surface area (Å²) in [6.07, 6.45) is 7.61. The smallest absolute Gasteiger partial charge is 0.237 e. The molecule has 3 aliphatic rings. The van der Waals surface area contributed by atoms with E-state index >= 15 is 0 Å². The first-order valence-electron chi connectivity index (χ1n) is 9.40. The van der Waals surface area contributed by atoms with Crippen LogP contribution in [0.4, 0.5) is 0 Å². The van der Waals surface area contributed by atoms with E-state index in [2.05, 4.69) is 19.1 Å². The van der Waals surface area contributed by atoms with E-state index < -0.39 is 11.0 Å². The molecule has 0 radical (unpaired) electrons. The molecule has 1 saturated carbocycles. The largest absolute Gasteiger partial charge is 0.389 e. The van der Waals surface area contributed by atoms with E-state index in [9.17, 15) is 14.7 Å². The molecule has 0 aromatic carbocycles. The van der Waals surface area contributed by atoms with Gasteiger partial charge in [0.2, 0.25) is 5.91 Å². The van der Waals surface area contributed by atoms with E-state index in [1.54, 1.807) is 11.9 Å². The summed E-state index contributed by atoms with van der Waals surface area (Å²) in [6.45, 7) is 7.83. The fourth-order valence-electron chi connectivity index (χ4n) is 5.60. The highest BCUT2D eigenvalue weighted by Crippen LogP contribution is 2.58. The maximum atomic E-state index is 13.5. The Balaban J connectivity index is 2.07. The number of allylic oxidation sites excluding steroid dienone is 1. The molecule has 4 nitrogen and oxygen atoms in total. The number of hydrogen-bond donors (Lipinski definition) is 1. The molecule has 1 spiro atoms. The van der Waals surface area contributed by atoms with Gasteiger partial charge in [0, 0.05) is 18.9 Å². The summed E-state index contributed by atoms with van der Waals surface area (Å²) in [4.78, 5) is 28.4. The zero-order valence-corrected chi connectivity index (χ0v) is 15.6. The van der Waals surface area contributed by atoms with Crippen molar-refractivity contribution in [3.8, 4) is 0 Å². The number of ketones is 1. The molecule has 1 aliphatic heterocycles. The van der Waals surface area contributed by atoms with Crippen LogP contribution in [0.2, 0.25) is 0 Å². The predicted molar refractivity (Wildman–Crippen MR) is 93.2 cm³/mol. The quantitative estimate of drug-likeness (QED) is 0.624. The molecule has 0 aromatic heterocycles. The van der Waals surface area contributed by atoms with Crippen LogP contribution in [0.5, 0.6) is 0 Å². The van der Waals surface area contributed by atoms with Crippen LogP contribution >= 0.6 is 0 Å². The Bertz CT molecular complexity index is 581. The highest BCUT2D eigenvalue weighted by molar-refractivity contribution is 6.15. The van der Waals surface area contributed by atoms with Crippen molar-refractivity contribution < 1.29 is 14.7 Å². The first-order chi connectivity index (χ1) is 11.2. The van der Waals surface area contributed by atoms with Gasteiger partial charge in [-0.25, -0.2) is 0 Å². The molecule has 1 N–H and O–H groups in total. The third-order valence-electron chi connectivity index (χ3n) is 7.44. The molecule has 4 heteroatoms. The minimum absolute atomic E-state index is 0.0421. The SMILES string of the molecule is CCC(C)[C@@H]1C(=O)C2(CC3CCC=CC3[C@](C)(O)C2C)C(=O)N1C. The number of carbonyl (C=O) groups excluding carboxylic acids is 2. The zero-order valence-electron chi connectivity index (χ0n) is 15.6. The molecule has 2 aliphatic carbocycles. The van der Waals surface area contributed by atoms with Crippen LogP contribution in [-0.4, -0.2) is 40.4 Å². The Labute approximate surface area is 145 Å². The lowest BCUT2D eigenvalue weighted by atomic mass is 9.50. The monoisotopic (exact) mass is 333 g/mol. The fraction of sp³-hybridized carbons (Fsp3) is 0.800. The van der Waals surface area contributed by atoms with Gasteiger partial charge in [-0.1, -0.05) is 39.3 Å². The van der Waals surface area contributed by atoms with Gasteiger partial charge in [-0.05, 0) is 38.0 Å². The van der Waals surface area contributed by atoms with Gasteiger partial charge < -0.3 is 10.0 Å². The first-order valence-corrected chi connectivity index (χ1v) is 9.40. The van der Waals surface area contributed by atoms with Gasteiger partial charge in [0.05, 0.1) is 11.6 Å². The Kier molecular flexibility index (Phi) is 4.18. The second-order valence-corrected chi connectivity index (χ2v) is 8.53. The third-order valence-corrected chi connectivity index (χ3v) is 7.44. The van der Waals surface area contributed by atoms with E-state index in [0.29, 0.717) is 6.42 Å². The van der Waals surface area contributed by atoms with Crippen LogP contribution in [0.1, 0.15) is 53.4 Å². The number of Topliss-reactive ketones (excluding diaryl/α,β-unsaturated/α-hetero) is 1. The molecule has 1 amide bonds. The van der Waals surface area contributed by atoms with Gasteiger partial charge in [0.25, 0.3) is 0 Å². The summed E-state index contributed by atoms with van der Waals surface area (Å²) < 4.78 is 0. The second kappa shape index (κ2) is 5.69. The van der Waals surface area contributed by atoms with Crippen molar-refractivity contribution in [2.24, 2.45) is 29.1 Å². The number of amides is 1. The maximum Gasteiger partial charge on any atom is 0.237 e. The van der Waals surface area contributed by atoms with E-state index in [0.717, 1.165) is 19.3 Å². The summed E-state index contributed by atoms with van der Waals surface area (Å²) >= 11 is 0. The number of rotatable bonds is 2. The van der Waals surface area contributed by atoms with Gasteiger partial charge in [-0.15, -0.1) is 0 Å². The van der Waals surface area contributed by atoms with E-state index in [1.165, 1.54) is 0 Å². The van der Waals surface area contributed by atoms with Gasteiger partial charge in [0.15, 0.2) is 5.78 Å². The molecule has 1 heterocycles. The number of likely N-dealkylation sites (N-methyl/N-ethyl adjacent to an activating group) is 1. The fourth-order valence-corrected chi connectivity index (χ4v) is 5.60. The Morgan fingerprint density at radius 1 is 1.42 bits per heavy atom. The molecule has 0 aromatic rings. The van der Waals surface area contributed by atoms with Crippen molar-refractivity contribution in [2.45, 2.75) is 65.0 Å². The number of aliphatic hydroxyl groups is 1. The summed E-state index contributed by atoms with van der Waals surface area (Å²) in [6, 6.07) is -0.351. The maximum absolute atomic E-state index is 13.5. The molecule has 7 atom stereocenters. The zero-order chi connectivity index (χ0) is 17.9. The number of likely N-dealkylation sites (tertiary alicyclic amines) is 1. The molecule has 2 fully saturated rings. The molecule has 5 unspecified atom stereocenters. The molecule has 134 valence electrons. The van der Waals surface area contributed by atoms with Gasteiger partial charge >= 0.3 is 0 Å². The summed E-state index contributed by atoms with van der Waals surface area (Å²) in [5.41, 5.74) is -2.07. The van der Waals surface area contributed by atoms with Crippen LogP contribution in [0.3, 0.4) is 0 Å². The number of hydrogen-bond acceptors (Lipinski definition) is 3. The number of nitrogens with zero attached hydrogens (tertiary/aromatic N) is 1. The third kappa shape index (κ3) is 2.08. The molecule has 0 bridgehead atoms. The lowest BCUT2D eigenvalue weighted by Gasteiger charge is -2.54. The van der Waals surface area contributed by atoms with Crippen LogP contribution in [-0.2, 0) is 9.59 Å². The highest BCUT2D eigenvalue weighted by Gasteiger charge is 2.68. The minimum atomic E-state index is -1.04. The van der Waals surface area contributed by atoms with E-state index in [1.807, 2.05) is 20.8 Å². The summed E-state index contributed by atoms with van der Waals surface area (Å²) in [7, 11) is 1.76. The standard InChI is InChI=1S/C20H31NO3/c1-6-12(2)16-17(22)20(18(23)21(16)5)11-14-9-7-8-10-15(14)19(4,24)13(20)3/h8,10,12-16,24H,6-7,9,11H2,1-5H3/t12?,13?,14?,15?,16-,19-,20?/m1/s1. The Morgan fingerprint density at radius 2 is 2.08 bits per heavy atom. The lowest BCUT2D eigenvalue weighted by molar-refractivity contribution is -0.172. The average molecular weight is 333 g/mol. The van der Waals surface area contributed by atoms with Crippen LogP contribution in [0.15, 0.2) is 12.2 Å². The molecule has 24 heavy (non-hydrogen) atoms. The lowest BCUT2D eigenvalue weighted by Crippen LogP contribution is -2.61. The molecule has 1 saturated heterocycles. The van der Waals surface area contributed by atoms with Crippen LogP contribution < -0.4 is 0 Å². The van der Waals surface area contributed by atoms with Crippen LogP contribution in [0, 0.1) is 29.1 Å².